The lowest BCUT2D eigenvalue weighted by Crippen LogP contribution is -2.24. The highest BCUT2D eigenvalue weighted by Crippen LogP contribution is 2.24. The van der Waals surface area contributed by atoms with E-state index in [4.69, 9.17) is 5.26 Å². The zero-order valence-corrected chi connectivity index (χ0v) is 10.8. The van der Waals surface area contributed by atoms with E-state index in [0.717, 1.165) is 30.0 Å². The first-order chi connectivity index (χ1) is 9.15. The summed E-state index contributed by atoms with van der Waals surface area (Å²) in [5, 5.41) is 11.6. The molecule has 0 saturated heterocycles. The number of nitrogens with one attached hydrogen (secondary N) is 1. The number of nitriles is 1. The highest BCUT2D eigenvalue weighted by Gasteiger charge is 2.32. The molecule has 2 amide bonds. The first-order valence-electron chi connectivity index (χ1n) is 6.22. The second-order valence-electron chi connectivity index (χ2n) is 4.47. The molecule has 5 nitrogen and oxygen atoms in total. The predicted octanol–water partition coefficient (Wildman–Crippen LogP) is 2.02. The lowest BCUT2D eigenvalue weighted by molar-refractivity contribution is 0.0693. The van der Waals surface area contributed by atoms with Crippen LogP contribution in [0.3, 0.4) is 0 Å². The predicted molar refractivity (Wildman–Crippen MR) is 70.8 cm³/mol. The van der Waals surface area contributed by atoms with Gasteiger partial charge in [0.25, 0.3) is 11.8 Å². The van der Waals surface area contributed by atoms with E-state index in [-0.39, 0.29) is 11.8 Å². The molecule has 1 aliphatic heterocycles. The molecule has 2 rings (SSSR count). The molecule has 0 saturated carbocycles. The Morgan fingerprint density at radius 1 is 1.21 bits per heavy atom. The minimum absolute atomic E-state index is 0.249. The maximum Gasteiger partial charge on any atom is 0.261 e. The molecule has 98 valence electrons. The summed E-state index contributed by atoms with van der Waals surface area (Å²) < 4.78 is 0. The van der Waals surface area contributed by atoms with E-state index in [0.29, 0.717) is 17.5 Å². The van der Waals surface area contributed by atoms with Crippen molar-refractivity contribution in [1.82, 2.24) is 4.90 Å². The van der Waals surface area contributed by atoms with E-state index in [1.54, 1.807) is 18.2 Å². The molecule has 0 radical (unpaired) electrons. The number of carbonyl (C=O) groups excluding carboxylic acids is 2. The Bertz CT molecular complexity index is 560. The van der Waals surface area contributed by atoms with Crippen molar-refractivity contribution in [2.24, 2.45) is 0 Å². The summed E-state index contributed by atoms with van der Waals surface area (Å²) in [6.45, 7) is 0.748. The van der Waals surface area contributed by atoms with Crippen LogP contribution in [0.2, 0.25) is 0 Å². The zero-order valence-electron chi connectivity index (χ0n) is 10.8. The van der Waals surface area contributed by atoms with Crippen molar-refractivity contribution in [3.63, 3.8) is 0 Å². The molecule has 0 unspecified atom stereocenters. The molecule has 0 fully saturated rings. The van der Waals surface area contributed by atoms with E-state index < -0.39 is 0 Å². The molecule has 0 bridgehead atoms. The van der Waals surface area contributed by atoms with Gasteiger partial charge in [-0.05, 0) is 31.0 Å². The van der Waals surface area contributed by atoms with Crippen LogP contribution >= 0.6 is 0 Å². The fourth-order valence-electron chi connectivity index (χ4n) is 2.03. The van der Waals surface area contributed by atoms with Gasteiger partial charge in [0.15, 0.2) is 0 Å². The number of carbonyl (C=O) groups is 2. The van der Waals surface area contributed by atoms with Crippen LogP contribution in [-0.4, -0.2) is 30.3 Å². The van der Waals surface area contributed by atoms with Crippen LogP contribution in [0.1, 0.15) is 40.0 Å². The van der Waals surface area contributed by atoms with Crippen LogP contribution in [0, 0.1) is 11.3 Å². The van der Waals surface area contributed by atoms with Gasteiger partial charge in [-0.3, -0.25) is 14.5 Å². The molecule has 1 aromatic carbocycles. The first kappa shape index (κ1) is 13.1. The number of fused-ring (bicyclic) bond motifs is 1. The van der Waals surface area contributed by atoms with Gasteiger partial charge >= 0.3 is 0 Å². The molecule has 0 aromatic heterocycles. The molecule has 1 aromatic rings. The minimum Gasteiger partial charge on any atom is -0.385 e. The Morgan fingerprint density at radius 3 is 2.68 bits per heavy atom. The van der Waals surface area contributed by atoms with E-state index in [1.807, 2.05) is 0 Å². The summed E-state index contributed by atoms with van der Waals surface area (Å²) in [6, 6.07) is 7.29. The van der Waals surface area contributed by atoms with Crippen molar-refractivity contribution in [1.29, 1.82) is 5.26 Å². The Balaban J connectivity index is 2.01. The average Bonchev–Trinajstić information content (AvgIpc) is 2.64. The molecule has 0 atom stereocenters. The highest BCUT2D eigenvalue weighted by atomic mass is 16.2. The second-order valence-corrected chi connectivity index (χ2v) is 4.47. The van der Waals surface area contributed by atoms with E-state index in [1.165, 1.54) is 7.05 Å². The number of benzene rings is 1. The Labute approximate surface area is 111 Å². The van der Waals surface area contributed by atoms with Crippen molar-refractivity contribution in [3.8, 4) is 6.07 Å². The van der Waals surface area contributed by atoms with Crippen LogP contribution in [0.25, 0.3) is 0 Å². The molecule has 1 aliphatic rings. The Hall–Kier alpha value is -2.35. The summed E-state index contributed by atoms with van der Waals surface area (Å²) >= 11 is 0. The third kappa shape index (κ3) is 2.58. The van der Waals surface area contributed by atoms with E-state index >= 15 is 0 Å². The monoisotopic (exact) mass is 257 g/mol. The second kappa shape index (κ2) is 5.53. The number of rotatable bonds is 5. The van der Waals surface area contributed by atoms with Gasteiger partial charge in [0, 0.05) is 25.7 Å². The summed E-state index contributed by atoms with van der Waals surface area (Å²) in [7, 11) is 1.49. The van der Waals surface area contributed by atoms with Crippen LogP contribution in [0.15, 0.2) is 18.2 Å². The fraction of sp³-hybridized carbons (Fsp3) is 0.357. The number of amides is 2. The van der Waals surface area contributed by atoms with Crippen molar-refractivity contribution in [2.45, 2.75) is 19.3 Å². The lowest BCUT2D eigenvalue weighted by Gasteiger charge is -2.06. The standard InChI is InChI=1S/C14H15N3O2/c1-17-13(18)11-6-5-10(9-12(11)14(17)19)16-8-4-2-3-7-15/h5-6,9,16H,2-4,8H2,1H3. The van der Waals surface area contributed by atoms with Crippen molar-refractivity contribution >= 4 is 17.5 Å². The SMILES string of the molecule is CN1C(=O)c2ccc(NCCCCC#N)cc2C1=O. The van der Waals surface area contributed by atoms with Gasteiger partial charge in [-0.25, -0.2) is 0 Å². The molecular weight excluding hydrogens is 242 g/mol. The Kier molecular flexibility index (Phi) is 3.81. The maximum atomic E-state index is 11.8. The molecule has 5 heteroatoms. The largest absolute Gasteiger partial charge is 0.385 e. The highest BCUT2D eigenvalue weighted by molar-refractivity contribution is 6.21. The van der Waals surface area contributed by atoms with Gasteiger partial charge in [-0.15, -0.1) is 0 Å². The summed E-state index contributed by atoms with van der Waals surface area (Å²) in [5.74, 6) is -0.506. The molecule has 19 heavy (non-hydrogen) atoms. The van der Waals surface area contributed by atoms with Gasteiger partial charge in [-0.2, -0.15) is 5.26 Å². The number of unbranched alkanes of at least 4 members (excludes halogenated alkanes) is 2. The van der Waals surface area contributed by atoms with Crippen LogP contribution in [0.5, 0.6) is 0 Å². The first-order valence-corrected chi connectivity index (χ1v) is 6.22. The molecule has 1 N–H and O–H groups in total. The van der Waals surface area contributed by atoms with Crippen molar-refractivity contribution in [3.05, 3.63) is 29.3 Å². The number of hydrogen-bond acceptors (Lipinski definition) is 4. The average molecular weight is 257 g/mol. The zero-order chi connectivity index (χ0) is 13.8. The Morgan fingerprint density at radius 2 is 1.95 bits per heavy atom. The van der Waals surface area contributed by atoms with Gasteiger partial charge in [0.1, 0.15) is 0 Å². The van der Waals surface area contributed by atoms with Crippen molar-refractivity contribution in [2.75, 3.05) is 18.9 Å². The maximum absolute atomic E-state index is 11.8. The van der Waals surface area contributed by atoms with Gasteiger partial charge in [0.2, 0.25) is 0 Å². The summed E-state index contributed by atoms with van der Waals surface area (Å²) in [5.41, 5.74) is 1.74. The van der Waals surface area contributed by atoms with Gasteiger partial charge in [-0.1, -0.05) is 0 Å². The number of anilines is 1. The van der Waals surface area contributed by atoms with Crippen LogP contribution in [-0.2, 0) is 0 Å². The molecule has 0 aliphatic carbocycles. The number of nitrogens with zero attached hydrogens (tertiary/aromatic N) is 2. The minimum atomic E-state index is -0.256. The lowest BCUT2D eigenvalue weighted by atomic mass is 10.1. The van der Waals surface area contributed by atoms with Crippen LogP contribution < -0.4 is 5.32 Å². The van der Waals surface area contributed by atoms with Gasteiger partial charge in [0.05, 0.1) is 17.2 Å². The van der Waals surface area contributed by atoms with E-state index in [2.05, 4.69) is 11.4 Å². The number of imide groups is 1. The van der Waals surface area contributed by atoms with Crippen LogP contribution in [0.4, 0.5) is 5.69 Å². The quantitative estimate of drug-likeness (QED) is 0.647. The third-order valence-corrected chi connectivity index (χ3v) is 3.13. The summed E-state index contributed by atoms with van der Waals surface area (Å²) in [6.07, 6.45) is 2.32. The number of hydrogen-bond donors (Lipinski definition) is 1. The summed E-state index contributed by atoms with van der Waals surface area (Å²) in [4.78, 5) is 24.6. The van der Waals surface area contributed by atoms with E-state index in [9.17, 15) is 9.59 Å². The molecule has 1 heterocycles. The van der Waals surface area contributed by atoms with Gasteiger partial charge < -0.3 is 5.32 Å². The smallest absolute Gasteiger partial charge is 0.261 e. The van der Waals surface area contributed by atoms with Crippen molar-refractivity contribution < 1.29 is 9.59 Å². The normalized spacial score (nSPS) is 13.4. The third-order valence-electron chi connectivity index (χ3n) is 3.13. The topological polar surface area (TPSA) is 73.2 Å². The molecule has 0 spiro atoms. The fourth-order valence-corrected chi connectivity index (χ4v) is 2.03. The molecular formula is C14H15N3O2.